The SMILES string of the molecule is COc1ccc(OC)c(CC(=O)N2CCNC[C@@H]2C)c1. The summed E-state index contributed by atoms with van der Waals surface area (Å²) in [6.07, 6.45) is 0.338. The fourth-order valence-electron chi connectivity index (χ4n) is 2.50. The maximum Gasteiger partial charge on any atom is 0.227 e. The van der Waals surface area contributed by atoms with Crippen molar-refractivity contribution in [3.8, 4) is 11.5 Å². The van der Waals surface area contributed by atoms with Gasteiger partial charge in [-0.3, -0.25) is 4.79 Å². The maximum atomic E-state index is 12.4. The highest BCUT2D eigenvalue weighted by Gasteiger charge is 2.23. The van der Waals surface area contributed by atoms with Gasteiger partial charge >= 0.3 is 0 Å². The van der Waals surface area contributed by atoms with Crippen molar-refractivity contribution < 1.29 is 14.3 Å². The molecule has 110 valence electrons. The average molecular weight is 278 g/mol. The van der Waals surface area contributed by atoms with Crippen LogP contribution in [-0.4, -0.2) is 50.7 Å². The Kier molecular flexibility index (Phi) is 4.84. The van der Waals surface area contributed by atoms with Crippen molar-refractivity contribution in [2.75, 3.05) is 33.9 Å². The topological polar surface area (TPSA) is 50.8 Å². The van der Waals surface area contributed by atoms with E-state index in [0.717, 1.165) is 36.7 Å². The molecule has 1 heterocycles. The van der Waals surface area contributed by atoms with Crippen LogP contribution >= 0.6 is 0 Å². The number of amides is 1. The minimum Gasteiger partial charge on any atom is -0.497 e. The highest BCUT2D eigenvalue weighted by molar-refractivity contribution is 5.80. The highest BCUT2D eigenvalue weighted by Crippen LogP contribution is 2.25. The molecule has 1 aromatic rings. The number of nitrogens with one attached hydrogen (secondary N) is 1. The largest absolute Gasteiger partial charge is 0.497 e. The molecule has 0 saturated carbocycles. The highest BCUT2D eigenvalue weighted by atomic mass is 16.5. The van der Waals surface area contributed by atoms with Gasteiger partial charge in [-0.15, -0.1) is 0 Å². The third-order valence-corrected chi connectivity index (χ3v) is 3.65. The Labute approximate surface area is 119 Å². The molecular weight excluding hydrogens is 256 g/mol. The van der Waals surface area contributed by atoms with Gasteiger partial charge in [0.1, 0.15) is 11.5 Å². The van der Waals surface area contributed by atoms with E-state index in [0.29, 0.717) is 6.42 Å². The third kappa shape index (κ3) is 3.22. The number of carbonyl (C=O) groups excluding carboxylic acids is 1. The lowest BCUT2D eigenvalue weighted by Crippen LogP contribution is -2.52. The molecule has 1 aliphatic rings. The zero-order valence-corrected chi connectivity index (χ0v) is 12.3. The maximum absolute atomic E-state index is 12.4. The van der Waals surface area contributed by atoms with Crippen LogP contribution < -0.4 is 14.8 Å². The molecule has 0 radical (unpaired) electrons. The van der Waals surface area contributed by atoms with Crippen LogP contribution in [0.5, 0.6) is 11.5 Å². The van der Waals surface area contributed by atoms with Crippen LogP contribution in [-0.2, 0) is 11.2 Å². The van der Waals surface area contributed by atoms with Gasteiger partial charge in [-0.05, 0) is 25.1 Å². The number of nitrogens with zero attached hydrogens (tertiary/aromatic N) is 1. The Morgan fingerprint density at radius 2 is 2.20 bits per heavy atom. The first-order valence-corrected chi connectivity index (χ1v) is 6.86. The van der Waals surface area contributed by atoms with E-state index in [4.69, 9.17) is 9.47 Å². The molecule has 5 nitrogen and oxygen atoms in total. The number of ether oxygens (including phenoxy) is 2. The van der Waals surface area contributed by atoms with Gasteiger partial charge in [0.2, 0.25) is 5.91 Å². The van der Waals surface area contributed by atoms with E-state index in [2.05, 4.69) is 12.2 Å². The summed E-state index contributed by atoms with van der Waals surface area (Å²) >= 11 is 0. The van der Waals surface area contributed by atoms with Crippen LogP contribution in [0.1, 0.15) is 12.5 Å². The standard InChI is InChI=1S/C15H22N2O3/c1-11-10-16-6-7-17(11)15(18)9-12-8-13(19-2)4-5-14(12)20-3/h4-5,8,11,16H,6-7,9-10H2,1-3H3/t11-/m0/s1. The van der Waals surface area contributed by atoms with Crippen molar-refractivity contribution in [3.63, 3.8) is 0 Å². The van der Waals surface area contributed by atoms with Crippen molar-refractivity contribution in [1.29, 1.82) is 0 Å². The Morgan fingerprint density at radius 3 is 2.85 bits per heavy atom. The van der Waals surface area contributed by atoms with Crippen LogP contribution in [0.3, 0.4) is 0 Å². The van der Waals surface area contributed by atoms with Crippen molar-refractivity contribution >= 4 is 5.91 Å². The lowest BCUT2D eigenvalue weighted by Gasteiger charge is -2.34. The number of piperazine rings is 1. The van der Waals surface area contributed by atoms with Crippen molar-refractivity contribution in [1.82, 2.24) is 10.2 Å². The molecule has 1 atom stereocenters. The lowest BCUT2D eigenvalue weighted by molar-refractivity contribution is -0.133. The molecule has 1 fully saturated rings. The predicted molar refractivity (Wildman–Crippen MR) is 77.3 cm³/mol. The van der Waals surface area contributed by atoms with Crippen molar-refractivity contribution in [2.24, 2.45) is 0 Å². The van der Waals surface area contributed by atoms with Gasteiger partial charge in [0.25, 0.3) is 0 Å². The molecule has 1 aliphatic heterocycles. The number of carbonyl (C=O) groups is 1. The molecule has 0 aromatic heterocycles. The fourth-order valence-corrected chi connectivity index (χ4v) is 2.50. The van der Waals surface area contributed by atoms with Gasteiger partial charge in [0, 0.05) is 31.2 Å². The molecule has 0 unspecified atom stereocenters. The molecule has 2 rings (SSSR count). The summed E-state index contributed by atoms with van der Waals surface area (Å²) < 4.78 is 10.5. The fraction of sp³-hybridized carbons (Fsp3) is 0.533. The molecule has 0 spiro atoms. The summed E-state index contributed by atoms with van der Waals surface area (Å²) in [6.45, 7) is 4.52. The second kappa shape index (κ2) is 6.61. The lowest BCUT2D eigenvalue weighted by atomic mass is 10.1. The Morgan fingerprint density at radius 1 is 1.40 bits per heavy atom. The van der Waals surface area contributed by atoms with Crippen molar-refractivity contribution in [2.45, 2.75) is 19.4 Å². The van der Waals surface area contributed by atoms with Crippen LogP contribution in [0.15, 0.2) is 18.2 Å². The number of hydrogen-bond acceptors (Lipinski definition) is 4. The number of hydrogen-bond donors (Lipinski definition) is 1. The summed E-state index contributed by atoms with van der Waals surface area (Å²) in [5, 5.41) is 3.29. The van der Waals surface area contributed by atoms with Gasteiger partial charge in [0.15, 0.2) is 0 Å². The first-order chi connectivity index (χ1) is 9.65. The van der Waals surface area contributed by atoms with E-state index in [1.165, 1.54) is 0 Å². The summed E-state index contributed by atoms with van der Waals surface area (Å²) in [7, 11) is 3.23. The van der Waals surface area contributed by atoms with Crippen molar-refractivity contribution in [3.05, 3.63) is 23.8 Å². The van der Waals surface area contributed by atoms with Gasteiger partial charge in [0.05, 0.1) is 20.6 Å². The van der Waals surface area contributed by atoms with E-state index in [-0.39, 0.29) is 11.9 Å². The van der Waals surface area contributed by atoms with E-state index in [9.17, 15) is 4.79 Å². The van der Waals surface area contributed by atoms with Gasteiger partial charge < -0.3 is 19.7 Å². The predicted octanol–water partition coefficient (Wildman–Crippen LogP) is 1.07. The van der Waals surface area contributed by atoms with Crippen LogP contribution in [0.2, 0.25) is 0 Å². The van der Waals surface area contributed by atoms with Gasteiger partial charge in [-0.1, -0.05) is 0 Å². The van der Waals surface area contributed by atoms with E-state index in [1.54, 1.807) is 14.2 Å². The smallest absolute Gasteiger partial charge is 0.227 e. The van der Waals surface area contributed by atoms with Crippen LogP contribution in [0, 0.1) is 0 Å². The molecule has 0 bridgehead atoms. The molecule has 5 heteroatoms. The summed E-state index contributed by atoms with van der Waals surface area (Å²) in [5.41, 5.74) is 0.864. The molecule has 20 heavy (non-hydrogen) atoms. The normalized spacial score (nSPS) is 18.8. The average Bonchev–Trinajstić information content (AvgIpc) is 2.47. The first-order valence-electron chi connectivity index (χ1n) is 6.86. The molecule has 1 amide bonds. The second-order valence-electron chi connectivity index (χ2n) is 4.99. The monoisotopic (exact) mass is 278 g/mol. The summed E-state index contributed by atoms with van der Waals surface area (Å²) in [6, 6.07) is 5.76. The minimum absolute atomic E-state index is 0.130. The number of benzene rings is 1. The first kappa shape index (κ1) is 14.7. The van der Waals surface area contributed by atoms with Crippen LogP contribution in [0.4, 0.5) is 0 Å². The number of rotatable bonds is 4. The zero-order chi connectivity index (χ0) is 14.5. The summed E-state index contributed by atoms with van der Waals surface area (Å²) in [4.78, 5) is 14.4. The Hall–Kier alpha value is -1.75. The number of methoxy groups -OCH3 is 2. The molecular formula is C15H22N2O3. The Balaban J connectivity index is 2.13. The molecule has 1 N–H and O–H groups in total. The van der Waals surface area contributed by atoms with E-state index < -0.39 is 0 Å². The third-order valence-electron chi connectivity index (χ3n) is 3.65. The minimum atomic E-state index is 0.130. The summed E-state index contributed by atoms with van der Waals surface area (Å²) in [5.74, 6) is 1.59. The van der Waals surface area contributed by atoms with E-state index in [1.807, 2.05) is 23.1 Å². The zero-order valence-electron chi connectivity index (χ0n) is 12.3. The molecule has 1 aromatic carbocycles. The van der Waals surface area contributed by atoms with E-state index >= 15 is 0 Å². The second-order valence-corrected chi connectivity index (χ2v) is 4.99. The van der Waals surface area contributed by atoms with Crippen LogP contribution in [0.25, 0.3) is 0 Å². The molecule has 1 saturated heterocycles. The van der Waals surface area contributed by atoms with Gasteiger partial charge in [-0.25, -0.2) is 0 Å². The molecule has 0 aliphatic carbocycles. The van der Waals surface area contributed by atoms with Gasteiger partial charge in [-0.2, -0.15) is 0 Å². The Bertz CT molecular complexity index is 476. The quantitative estimate of drug-likeness (QED) is 0.895.